The van der Waals surface area contributed by atoms with E-state index in [-0.39, 0.29) is 29.8 Å². The molecule has 3 rings (SSSR count). The number of amides is 3. The third-order valence-electron chi connectivity index (χ3n) is 6.07. The summed E-state index contributed by atoms with van der Waals surface area (Å²) in [7, 11) is 1.58. The number of hydrogen-bond donors (Lipinski definition) is 3. The Kier molecular flexibility index (Phi) is 8.88. The highest BCUT2D eigenvalue weighted by Crippen LogP contribution is 2.30. The molecule has 0 spiro atoms. The molecule has 0 bridgehead atoms. The number of halogens is 3. The molecule has 3 amide bonds. The van der Waals surface area contributed by atoms with Crippen molar-refractivity contribution < 1.29 is 28.2 Å². The van der Waals surface area contributed by atoms with Crippen LogP contribution in [0.25, 0.3) is 10.8 Å². The molecule has 2 atom stereocenters. The fraction of sp³-hybridized carbons (Fsp3) is 0.346. The molecule has 0 aliphatic carbocycles. The number of fused-ring (bicyclic) bond motifs is 1. The summed E-state index contributed by atoms with van der Waals surface area (Å²) in [5, 5.41) is 16.9. The molecule has 0 saturated carbocycles. The van der Waals surface area contributed by atoms with Crippen LogP contribution in [0.3, 0.4) is 0 Å². The van der Waals surface area contributed by atoms with Gasteiger partial charge in [-0.3, -0.25) is 5.32 Å². The van der Waals surface area contributed by atoms with Gasteiger partial charge in [0, 0.05) is 36.6 Å². The van der Waals surface area contributed by atoms with E-state index in [1.165, 1.54) is 41.4 Å². The normalized spacial score (nSPS) is 13.1. The van der Waals surface area contributed by atoms with Crippen molar-refractivity contribution in [3.63, 3.8) is 0 Å². The van der Waals surface area contributed by atoms with Crippen molar-refractivity contribution in [3.8, 4) is 0 Å². The standard InChI is InChI=1S/C26H29ClF2N4O4/c1-15(33(4)24(35)31-14-17-6-5-7-20(29)22(17)27)12-26(2,3)23(34)37-25(36)32-21-11-18-10-19(28)9-8-16(18)13-30-21/h5-11,13,15,23,34H,12,14H2,1-4H3,(H,31,35)(H,30,32,36). The van der Waals surface area contributed by atoms with E-state index in [2.05, 4.69) is 15.6 Å². The molecule has 0 aliphatic rings. The Bertz CT molecular complexity index is 1290. The van der Waals surface area contributed by atoms with Crippen LogP contribution in [0.1, 0.15) is 32.8 Å². The van der Waals surface area contributed by atoms with Crippen molar-refractivity contribution in [2.24, 2.45) is 5.41 Å². The molecular weight excluding hydrogens is 506 g/mol. The number of carbonyl (C=O) groups excluding carboxylic acids is 2. The van der Waals surface area contributed by atoms with E-state index in [9.17, 15) is 23.5 Å². The van der Waals surface area contributed by atoms with Crippen LogP contribution in [-0.2, 0) is 11.3 Å². The number of urea groups is 1. The Morgan fingerprint density at radius 3 is 2.65 bits per heavy atom. The molecule has 2 unspecified atom stereocenters. The van der Waals surface area contributed by atoms with Gasteiger partial charge in [0.1, 0.15) is 17.5 Å². The zero-order valence-corrected chi connectivity index (χ0v) is 21.6. The number of hydrogen-bond acceptors (Lipinski definition) is 5. The lowest BCUT2D eigenvalue weighted by Gasteiger charge is -2.35. The fourth-order valence-corrected chi connectivity index (χ4v) is 3.95. The number of aliphatic hydroxyl groups excluding tert-OH is 1. The molecule has 3 N–H and O–H groups in total. The molecule has 0 saturated heterocycles. The molecule has 0 radical (unpaired) electrons. The van der Waals surface area contributed by atoms with E-state index < -0.39 is 35.5 Å². The monoisotopic (exact) mass is 534 g/mol. The number of aliphatic hydroxyl groups is 1. The molecule has 8 nitrogen and oxygen atoms in total. The third-order valence-corrected chi connectivity index (χ3v) is 6.49. The second-order valence-corrected chi connectivity index (χ2v) is 9.85. The first-order chi connectivity index (χ1) is 17.4. The van der Waals surface area contributed by atoms with E-state index in [0.717, 1.165) is 0 Å². The van der Waals surface area contributed by atoms with Gasteiger partial charge in [0.2, 0.25) is 6.29 Å². The first kappa shape index (κ1) is 28.1. The Hall–Kier alpha value is -3.50. The number of benzene rings is 2. The number of nitrogens with zero attached hydrogens (tertiary/aromatic N) is 2. The van der Waals surface area contributed by atoms with Crippen molar-refractivity contribution in [2.45, 2.75) is 46.1 Å². The molecule has 0 fully saturated rings. The number of carbonyl (C=O) groups is 2. The summed E-state index contributed by atoms with van der Waals surface area (Å²) in [5.74, 6) is -0.855. The first-order valence-electron chi connectivity index (χ1n) is 11.5. The van der Waals surface area contributed by atoms with Gasteiger partial charge in [-0.2, -0.15) is 0 Å². The van der Waals surface area contributed by atoms with E-state index in [1.54, 1.807) is 40.0 Å². The second kappa shape index (κ2) is 11.7. The van der Waals surface area contributed by atoms with Crippen LogP contribution in [0.15, 0.2) is 48.7 Å². The topological polar surface area (TPSA) is 104 Å². The Balaban J connectivity index is 1.53. The number of ether oxygens (including phenoxy) is 1. The van der Waals surface area contributed by atoms with Gasteiger partial charge in [0.15, 0.2) is 0 Å². The van der Waals surface area contributed by atoms with Crippen LogP contribution in [0.5, 0.6) is 0 Å². The average Bonchev–Trinajstić information content (AvgIpc) is 2.83. The highest BCUT2D eigenvalue weighted by Gasteiger charge is 2.34. The lowest BCUT2D eigenvalue weighted by atomic mass is 9.85. The molecule has 11 heteroatoms. The Morgan fingerprint density at radius 1 is 1.19 bits per heavy atom. The highest BCUT2D eigenvalue weighted by molar-refractivity contribution is 6.31. The first-order valence-corrected chi connectivity index (χ1v) is 11.9. The second-order valence-electron chi connectivity index (χ2n) is 9.47. The van der Waals surface area contributed by atoms with Crippen LogP contribution in [-0.4, -0.2) is 46.5 Å². The zero-order valence-electron chi connectivity index (χ0n) is 20.9. The summed E-state index contributed by atoms with van der Waals surface area (Å²) in [4.78, 5) is 30.5. The van der Waals surface area contributed by atoms with Gasteiger partial charge in [0.25, 0.3) is 0 Å². The van der Waals surface area contributed by atoms with Crippen molar-refractivity contribution >= 4 is 40.3 Å². The minimum Gasteiger partial charge on any atom is -0.419 e. The lowest BCUT2D eigenvalue weighted by molar-refractivity contribution is -0.128. The lowest BCUT2D eigenvalue weighted by Crippen LogP contribution is -2.46. The number of anilines is 1. The average molecular weight is 535 g/mol. The molecule has 1 aromatic heterocycles. The molecule has 198 valence electrons. The van der Waals surface area contributed by atoms with E-state index in [0.29, 0.717) is 16.3 Å². The van der Waals surface area contributed by atoms with Crippen molar-refractivity contribution in [1.82, 2.24) is 15.2 Å². The minimum absolute atomic E-state index is 0.0389. The Labute approximate surface area is 218 Å². The quantitative estimate of drug-likeness (QED) is 0.323. The fourth-order valence-electron chi connectivity index (χ4n) is 3.75. The summed E-state index contributed by atoms with van der Waals surface area (Å²) < 4.78 is 32.2. The predicted molar refractivity (Wildman–Crippen MR) is 137 cm³/mol. The maximum absolute atomic E-state index is 13.6. The van der Waals surface area contributed by atoms with Crippen LogP contribution in [0.2, 0.25) is 5.02 Å². The number of aromatic nitrogens is 1. The SMILES string of the molecule is CC(CC(C)(C)C(O)OC(=O)Nc1cc2cc(F)ccc2cn1)N(C)C(=O)NCc1cccc(F)c1Cl. The van der Waals surface area contributed by atoms with Crippen LogP contribution < -0.4 is 10.6 Å². The highest BCUT2D eigenvalue weighted by atomic mass is 35.5. The summed E-state index contributed by atoms with van der Waals surface area (Å²) in [5.41, 5.74) is -0.492. The van der Waals surface area contributed by atoms with Gasteiger partial charge in [-0.15, -0.1) is 0 Å². The van der Waals surface area contributed by atoms with Crippen molar-refractivity contribution in [2.75, 3.05) is 12.4 Å². The molecule has 37 heavy (non-hydrogen) atoms. The molecule has 0 aliphatic heterocycles. The molecule has 3 aromatic rings. The maximum Gasteiger partial charge on any atom is 0.415 e. The van der Waals surface area contributed by atoms with Crippen molar-refractivity contribution in [1.29, 1.82) is 0 Å². The summed E-state index contributed by atoms with van der Waals surface area (Å²) in [6, 6.07) is 9.25. The summed E-state index contributed by atoms with van der Waals surface area (Å²) in [6.07, 6.45) is -0.681. The van der Waals surface area contributed by atoms with Crippen LogP contribution >= 0.6 is 11.6 Å². The maximum atomic E-state index is 13.6. The van der Waals surface area contributed by atoms with Gasteiger partial charge < -0.3 is 20.1 Å². The molecule has 1 heterocycles. The number of rotatable bonds is 8. The minimum atomic E-state index is -1.50. The van der Waals surface area contributed by atoms with Gasteiger partial charge in [-0.1, -0.05) is 37.6 Å². The van der Waals surface area contributed by atoms with Gasteiger partial charge in [0.05, 0.1) is 5.02 Å². The van der Waals surface area contributed by atoms with E-state index in [1.807, 2.05) is 0 Å². The number of pyridine rings is 1. The van der Waals surface area contributed by atoms with E-state index in [4.69, 9.17) is 16.3 Å². The summed E-state index contributed by atoms with van der Waals surface area (Å²) >= 11 is 5.93. The van der Waals surface area contributed by atoms with Crippen LogP contribution in [0.4, 0.5) is 24.2 Å². The molecule has 2 aromatic carbocycles. The zero-order chi connectivity index (χ0) is 27.3. The largest absolute Gasteiger partial charge is 0.419 e. The van der Waals surface area contributed by atoms with Gasteiger partial charge in [-0.25, -0.2) is 23.4 Å². The van der Waals surface area contributed by atoms with Gasteiger partial charge >= 0.3 is 12.1 Å². The number of nitrogens with one attached hydrogen (secondary N) is 2. The predicted octanol–water partition coefficient (Wildman–Crippen LogP) is 5.68. The van der Waals surface area contributed by atoms with Gasteiger partial charge in [-0.05, 0) is 54.6 Å². The summed E-state index contributed by atoms with van der Waals surface area (Å²) in [6.45, 7) is 5.20. The smallest absolute Gasteiger partial charge is 0.415 e. The van der Waals surface area contributed by atoms with Crippen molar-refractivity contribution in [3.05, 3.63) is 70.9 Å². The van der Waals surface area contributed by atoms with E-state index >= 15 is 0 Å². The van der Waals surface area contributed by atoms with Crippen LogP contribution in [0, 0.1) is 17.0 Å². The Morgan fingerprint density at radius 2 is 1.92 bits per heavy atom. The third kappa shape index (κ3) is 7.27. The molecular formula is C26H29ClF2N4O4.